The molecule has 4 rings (SSSR count). The van der Waals surface area contributed by atoms with Gasteiger partial charge in [0.25, 0.3) is 0 Å². The van der Waals surface area contributed by atoms with Crippen LogP contribution in [0, 0.1) is 0 Å². The Bertz CT molecular complexity index is 851. The predicted octanol–water partition coefficient (Wildman–Crippen LogP) is 4.38. The maximum Gasteiger partial charge on any atom is 0.180 e. The third kappa shape index (κ3) is 2.18. The summed E-state index contributed by atoms with van der Waals surface area (Å²) in [6, 6.07) is 6.62. The van der Waals surface area contributed by atoms with E-state index in [0.29, 0.717) is 5.13 Å². The number of fused-ring (bicyclic) bond motifs is 2. The van der Waals surface area contributed by atoms with E-state index in [0.717, 1.165) is 30.5 Å². The first-order chi connectivity index (χ1) is 10.8. The second kappa shape index (κ2) is 5.36. The molecule has 2 N–H and O–H groups in total. The Labute approximate surface area is 134 Å². The van der Waals surface area contributed by atoms with Crippen molar-refractivity contribution in [2.24, 2.45) is 0 Å². The number of rotatable bonds is 2. The summed E-state index contributed by atoms with van der Waals surface area (Å²) in [5, 5.41) is 3.94. The van der Waals surface area contributed by atoms with Crippen molar-refractivity contribution in [2.45, 2.75) is 39.0 Å². The van der Waals surface area contributed by atoms with E-state index in [2.05, 4.69) is 35.5 Å². The summed E-state index contributed by atoms with van der Waals surface area (Å²) in [5.74, 6) is 0. The van der Waals surface area contributed by atoms with Crippen LogP contribution < -0.4 is 5.73 Å². The van der Waals surface area contributed by atoms with Crippen molar-refractivity contribution in [1.29, 1.82) is 0 Å². The minimum absolute atomic E-state index is 0.635. The zero-order chi connectivity index (χ0) is 15.1. The number of aromatic nitrogens is 2. The predicted molar refractivity (Wildman–Crippen MR) is 93.3 cm³/mol. The molecular weight excluding hydrogens is 290 g/mol. The van der Waals surface area contributed by atoms with E-state index < -0.39 is 0 Å². The maximum absolute atomic E-state index is 5.88. The normalized spacial score (nSPS) is 14.2. The highest BCUT2D eigenvalue weighted by Crippen LogP contribution is 2.37. The number of pyridine rings is 1. The average Bonchev–Trinajstić information content (AvgIpc) is 2.98. The molecule has 0 fully saturated rings. The molecule has 0 unspecified atom stereocenters. The molecule has 4 heteroatoms. The Balaban J connectivity index is 2.08. The Hall–Kier alpha value is -1.94. The lowest BCUT2D eigenvalue weighted by molar-refractivity contribution is 0.672. The van der Waals surface area contributed by atoms with E-state index in [9.17, 15) is 0 Å². The molecule has 0 aliphatic heterocycles. The van der Waals surface area contributed by atoms with Gasteiger partial charge in [-0.1, -0.05) is 13.0 Å². The van der Waals surface area contributed by atoms with E-state index in [-0.39, 0.29) is 0 Å². The van der Waals surface area contributed by atoms with Gasteiger partial charge in [-0.15, -0.1) is 11.3 Å². The van der Waals surface area contributed by atoms with Crippen molar-refractivity contribution < 1.29 is 0 Å². The van der Waals surface area contributed by atoms with Crippen LogP contribution >= 0.6 is 11.3 Å². The molecule has 0 atom stereocenters. The van der Waals surface area contributed by atoms with Gasteiger partial charge in [-0.2, -0.15) is 0 Å². The zero-order valence-electron chi connectivity index (χ0n) is 12.7. The number of hydrogen-bond donors (Lipinski definition) is 1. The fourth-order valence-corrected chi connectivity index (χ4v) is 3.94. The van der Waals surface area contributed by atoms with Gasteiger partial charge in [-0.3, -0.25) is 4.98 Å². The Morgan fingerprint density at radius 3 is 2.82 bits per heavy atom. The zero-order valence-corrected chi connectivity index (χ0v) is 13.5. The lowest BCUT2D eigenvalue weighted by Crippen LogP contribution is -2.08. The molecule has 0 amide bonds. The average molecular weight is 309 g/mol. The number of hydrogen-bond acceptors (Lipinski definition) is 4. The lowest BCUT2D eigenvalue weighted by atomic mass is 9.88. The number of nitrogens with zero attached hydrogens (tertiary/aromatic N) is 2. The van der Waals surface area contributed by atoms with Crippen LogP contribution in [0.25, 0.3) is 22.2 Å². The van der Waals surface area contributed by atoms with Crippen molar-refractivity contribution in [1.82, 2.24) is 9.97 Å². The molecule has 112 valence electrons. The van der Waals surface area contributed by atoms with E-state index in [4.69, 9.17) is 10.7 Å². The summed E-state index contributed by atoms with van der Waals surface area (Å²) in [6.45, 7) is 2.19. The molecule has 1 aliphatic carbocycles. The summed E-state index contributed by atoms with van der Waals surface area (Å²) < 4.78 is 0. The highest BCUT2D eigenvalue weighted by Gasteiger charge is 2.20. The van der Waals surface area contributed by atoms with Gasteiger partial charge < -0.3 is 5.73 Å². The van der Waals surface area contributed by atoms with Gasteiger partial charge in [0.05, 0.1) is 11.2 Å². The molecule has 2 aromatic heterocycles. The molecule has 0 spiro atoms. The fraction of sp³-hybridized carbons (Fsp3) is 0.333. The quantitative estimate of drug-likeness (QED) is 0.764. The van der Waals surface area contributed by atoms with Gasteiger partial charge in [0.2, 0.25) is 0 Å². The first kappa shape index (κ1) is 13.7. The number of nitrogen functional groups attached to an aromatic ring is 1. The number of aryl methyl sites for hydroxylation is 2. The summed E-state index contributed by atoms with van der Waals surface area (Å²) >= 11 is 1.51. The van der Waals surface area contributed by atoms with Gasteiger partial charge in [0, 0.05) is 22.0 Å². The van der Waals surface area contributed by atoms with Crippen molar-refractivity contribution in [2.75, 3.05) is 5.73 Å². The highest BCUT2D eigenvalue weighted by atomic mass is 32.1. The smallest absolute Gasteiger partial charge is 0.180 e. The Morgan fingerprint density at radius 1 is 1.18 bits per heavy atom. The van der Waals surface area contributed by atoms with E-state index in [1.54, 1.807) is 0 Å². The van der Waals surface area contributed by atoms with Crippen LogP contribution in [-0.4, -0.2) is 9.97 Å². The molecule has 0 radical (unpaired) electrons. The van der Waals surface area contributed by atoms with Crippen LogP contribution in [0.5, 0.6) is 0 Å². The molecule has 0 bridgehead atoms. The molecule has 3 nitrogen and oxygen atoms in total. The van der Waals surface area contributed by atoms with Crippen LogP contribution in [0.1, 0.15) is 36.6 Å². The third-order valence-corrected chi connectivity index (χ3v) is 5.19. The minimum Gasteiger partial charge on any atom is -0.375 e. The highest BCUT2D eigenvalue weighted by molar-refractivity contribution is 7.13. The van der Waals surface area contributed by atoms with Gasteiger partial charge in [0.1, 0.15) is 0 Å². The largest absolute Gasteiger partial charge is 0.375 e. The van der Waals surface area contributed by atoms with Gasteiger partial charge in [0.15, 0.2) is 5.13 Å². The first-order valence-electron chi connectivity index (χ1n) is 7.92. The molecule has 2 heterocycles. The number of benzene rings is 1. The van der Waals surface area contributed by atoms with E-state index in [1.807, 2.05) is 0 Å². The van der Waals surface area contributed by atoms with Crippen LogP contribution in [0.4, 0.5) is 5.13 Å². The fourth-order valence-electron chi connectivity index (χ4n) is 3.39. The van der Waals surface area contributed by atoms with Crippen LogP contribution in [0.15, 0.2) is 23.6 Å². The van der Waals surface area contributed by atoms with Crippen molar-refractivity contribution in [3.63, 3.8) is 0 Å². The number of anilines is 1. The number of nitrogens with two attached hydrogens (primary N) is 1. The summed E-state index contributed by atoms with van der Waals surface area (Å²) in [6.07, 6.45) is 5.68. The molecular formula is C18H19N3S. The lowest BCUT2D eigenvalue weighted by Gasteiger charge is -2.20. The van der Waals surface area contributed by atoms with Crippen LogP contribution in [0.2, 0.25) is 0 Å². The molecule has 1 aromatic carbocycles. The van der Waals surface area contributed by atoms with Gasteiger partial charge in [-0.25, -0.2) is 4.98 Å². The monoisotopic (exact) mass is 309 g/mol. The summed E-state index contributed by atoms with van der Waals surface area (Å²) in [5.41, 5.74) is 13.2. The van der Waals surface area contributed by atoms with Gasteiger partial charge in [-0.05, 0) is 55.4 Å². The first-order valence-corrected chi connectivity index (χ1v) is 8.80. The third-order valence-electron chi connectivity index (χ3n) is 4.51. The van der Waals surface area contributed by atoms with E-state index >= 15 is 0 Å². The van der Waals surface area contributed by atoms with Gasteiger partial charge >= 0.3 is 0 Å². The standard InChI is InChI=1S/C18H19N3S/c1-2-11-7-8-15-13(9-11)17(16-10-22-18(19)21-16)12-5-3-4-6-14(12)20-15/h7-10H,2-6H2,1H3,(H2,19,21). The van der Waals surface area contributed by atoms with Crippen LogP contribution in [-0.2, 0) is 19.3 Å². The van der Waals surface area contributed by atoms with Crippen molar-refractivity contribution in [3.05, 3.63) is 40.4 Å². The molecule has 22 heavy (non-hydrogen) atoms. The Morgan fingerprint density at radius 2 is 2.05 bits per heavy atom. The Kier molecular flexibility index (Phi) is 3.34. The maximum atomic E-state index is 5.88. The van der Waals surface area contributed by atoms with E-state index in [1.165, 1.54) is 51.9 Å². The molecule has 3 aromatic rings. The number of thiazole rings is 1. The SMILES string of the molecule is CCc1ccc2nc3c(c(-c4csc(N)n4)c2c1)CCCC3. The second-order valence-corrected chi connectivity index (χ2v) is 6.78. The van der Waals surface area contributed by atoms with Crippen LogP contribution in [0.3, 0.4) is 0 Å². The minimum atomic E-state index is 0.635. The molecule has 0 saturated heterocycles. The topological polar surface area (TPSA) is 51.8 Å². The second-order valence-electron chi connectivity index (χ2n) is 5.90. The summed E-state index contributed by atoms with van der Waals surface area (Å²) in [4.78, 5) is 9.49. The summed E-state index contributed by atoms with van der Waals surface area (Å²) in [7, 11) is 0. The van der Waals surface area contributed by atoms with Crippen molar-refractivity contribution >= 4 is 27.4 Å². The van der Waals surface area contributed by atoms with Crippen molar-refractivity contribution in [3.8, 4) is 11.3 Å². The molecule has 1 aliphatic rings. The molecule has 0 saturated carbocycles.